The van der Waals surface area contributed by atoms with E-state index >= 15 is 0 Å². The van der Waals surface area contributed by atoms with Gasteiger partial charge in [0, 0.05) is 47.6 Å². The molecule has 0 spiro atoms. The van der Waals surface area contributed by atoms with E-state index in [2.05, 4.69) is 170 Å². The van der Waals surface area contributed by atoms with Gasteiger partial charge in [0.25, 0.3) is 0 Å². The molecule has 0 atom stereocenters. The van der Waals surface area contributed by atoms with Crippen LogP contribution in [0.5, 0.6) is 0 Å². The zero-order chi connectivity index (χ0) is 38.2. The third-order valence-electron chi connectivity index (χ3n) is 11.3. The molecule has 0 amide bonds. The molecule has 5 heteroatoms. The summed E-state index contributed by atoms with van der Waals surface area (Å²) in [4.78, 5) is 15.6. The molecule has 3 aromatic heterocycles. The van der Waals surface area contributed by atoms with E-state index in [0.717, 1.165) is 60.4 Å². The predicted molar refractivity (Wildman–Crippen MR) is 242 cm³/mol. The van der Waals surface area contributed by atoms with E-state index in [1.54, 1.807) is 0 Å². The summed E-state index contributed by atoms with van der Waals surface area (Å²) >= 11 is 1.85. The zero-order valence-corrected chi connectivity index (χ0v) is 31.9. The van der Waals surface area contributed by atoms with Gasteiger partial charge in [0.2, 0.25) is 0 Å². The Morgan fingerprint density at radius 1 is 0.310 bits per heavy atom. The number of furan rings is 1. The van der Waals surface area contributed by atoms with Crippen LogP contribution in [0.2, 0.25) is 0 Å². The molecule has 0 aliphatic rings. The molecule has 12 aromatic rings. The number of fused-ring (bicyclic) bond motifs is 8. The summed E-state index contributed by atoms with van der Waals surface area (Å²) in [7, 11) is 0. The van der Waals surface area contributed by atoms with Crippen LogP contribution in [0, 0.1) is 0 Å². The first-order valence-corrected chi connectivity index (χ1v) is 20.2. The van der Waals surface area contributed by atoms with E-state index in [-0.39, 0.29) is 0 Å². The largest absolute Gasteiger partial charge is 0.456 e. The molecule has 12 rings (SSSR count). The van der Waals surface area contributed by atoms with Gasteiger partial charge in [0.1, 0.15) is 11.2 Å². The Labute approximate surface area is 337 Å². The third kappa shape index (κ3) is 5.40. The van der Waals surface area contributed by atoms with Crippen molar-refractivity contribution in [3.05, 3.63) is 188 Å². The fourth-order valence-electron chi connectivity index (χ4n) is 8.46. The van der Waals surface area contributed by atoms with Crippen LogP contribution >= 0.6 is 11.3 Å². The topological polar surface area (TPSA) is 51.8 Å². The average molecular weight is 758 g/mol. The zero-order valence-electron chi connectivity index (χ0n) is 31.1. The number of rotatable bonds is 5. The summed E-state index contributed by atoms with van der Waals surface area (Å²) in [5.41, 5.74) is 9.24. The normalized spacial score (nSPS) is 11.8. The minimum atomic E-state index is 0.621. The lowest BCUT2D eigenvalue weighted by Crippen LogP contribution is -2.00. The highest BCUT2D eigenvalue weighted by Crippen LogP contribution is 2.40. The summed E-state index contributed by atoms with van der Waals surface area (Å²) in [6.45, 7) is 0. The van der Waals surface area contributed by atoms with Gasteiger partial charge in [0.05, 0.1) is 0 Å². The monoisotopic (exact) mass is 757 g/mol. The van der Waals surface area contributed by atoms with Gasteiger partial charge in [-0.2, -0.15) is 0 Å². The molecule has 0 aliphatic heterocycles. The van der Waals surface area contributed by atoms with Crippen LogP contribution < -0.4 is 0 Å². The van der Waals surface area contributed by atoms with Crippen molar-refractivity contribution in [1.82, 2.24) is 15.0 Å². The Kier molecular flexibility index (Phi) is 7.37. The molecule has 270 valence electrons. The number of thiophene rings is 1. The fourth-order valence-corrected chi connectivity index (χ4v) is 9.60. The highest BCUT2D eigenvalue weighted by Gasteiger charge is 2.18. The SMILES string of the molecule is c1ccc(-c2ccc(-c3nc(-c4ccc5c(-c6ccc7c(c6)sc6ccccc67)cccc5c4)nc(-c4cccc5cc6oc7ccccc7c6cc45)n3)cc2)cc1. The Morgan fingerprint density at radius 3 is 1.79 bits per heavy atom. The van der Waals surface area contributed by atoms with Crippen molar-refractivity contribution in [3.8, 4) is 56.4 Å². The Hall–Kier alpha value is -7.47. The second kappa shape index (κ2) is 13.1. The fraction of sp³-hybridized carbons (Fsp3) is 0. The molecule has 0 unspecified atom stereocenters. The Balaban J connectivity index is 1.02. The second-order valence-electron chi connectivity index (χ2n) is 14.8. The molecule has 58 heavy (non-hydrogen) atoms. The number of hydrogen-bond donors (Lipinski definition) is 0. The summed E-state index contributed by atoms with van der Waals surface area (Å²) < 4.78 is 8.87. The van der Waals surface area contributed by atoms with E-state index in [9.17, 15) is 0 Å². The standard InChI is InChI=1S/C53H31N3OS/c1-2-10-32(11-3-1)33-20-22-34(23-21-33)51-54-52(56-53(55-51)44-17-9-13-36-29-48-46(31-45(36)44)41-14-4-6-18-47(41)57-48)38-25-26-40-35(28-38)12-8-16-39(40)37-24-27-43-42-15-5-7-19-49(42)58-50(43)30-37/h1-31H. The maximum absolute atomic E-state index is 6.26. The molecule has 0 radical (unpaired) electrons. The first kappa shape index (κ1) is 32.7. The molecular formula is C53H31N3OS. The lowest BCUT2D eigenvalue weighted by Gasteiger charge is -2.12. The molecule has 0 N–H and O–H groups in total. The lowest BCUT2D eigenvalue weighted by atomic mass is 9.96. The van der Waals surface area contributed by atoms with Crippen molar-refractivity contribution in [1.29, 1.82) is 0 Å². The summed E-state index contributed by atoms with van der Waals surface area (Å²) in [6.07, 6.45) is 0. The van der Waals surface area contributed by atoms with Gasteiger partial charge in [-0.1, -0.05) is 152 Å². The Bertz CT molecular complexity index is 3570. The highest BCUT2D eigenvalue weighted by molar-refractivity contribution is 7.25. The average Bonchev–Trinajstić information content (AvgIpc) is 3.85. The number of aromatic nitrogens is 3. The van der Waals surface area contributed by atoms with Gasteiger partial charge < -0.3 is 4.42 Å². The van der Waals surface area contributed by atoms with Crippen molar-refractivity contribution < 1.29 is 4.42 Å². The van der Waals surface area contributed by atoms with E-state index in [1.165, 1.54) is 42.2 Å². The first-order chi connectivity index (χ1) is 28.7. The molecule has 0 saturated heterocycles. The van der Waals surface area contributed by atoms with Crippen LogP contribution in [0.25, 0.3) is 120 Å². The molecule has 9 aromatic carbocycles. The van der Waals surface area contributed by atoms with Crippen molar-refractivity contribution in [2.45, 2.75) is 0 Å². The maximum Gasteiger partial charge on any atom is 0.164 e. The van der Waals surface area contributed by atoms with E-state index < -0.39 is 0 Å². The van der Waals surface area contributed by atoms with Crippen LogP contribution in [0.4, 0.5) is 0 Å². The molecule has 4 nitrogen and oxygen atoms in total. The van der Waals surface area contributed by atoms with Crippen molar-refractivity contribution in [2.75, 3.05) is 0 Å². The predicted octanol–water partition coefficient (Wildman–Crippen LogP) is 14.8. The lowest BCUT2D eigenvalue weighted by molar-refractivity contribution is 0.669. The molecule has 0 fully saturated rings. The Morgan fingerprint density at radius 2 is 0.931 bits per heavy atom. The smallest absolute Gasteiger partial charge is 0.164 e. The van der Waals surface area contributed by atoms with E-state index in [0.29, 0.717) is 17.5 Å². The third-order valence-corrected chi connectivity index (χ3v) is 12.5. The van der Waals surface area contributed by atoms with Gasteiger partial charge in [-0.05, 0) is 80.2 Å². The van der Waals surface area contributed by atoms with Gasteiger partial charge >= 0.3 is 0 Å². The van der Waals surface area contributed by atoms with Crippen LogP contribution in [-0.2, 0) is 0 Å². The van der Waals surface area contributed by atoms with E-state index in [4.69, 9.17) is 19.4 Å². The van der Waals surface area contributed by atoms with Crippen LogP contribution in [-0.4, -0.2) is 15.0 Å². The minimum absolute atomic E-state index is 0.621. The van der Waals surface area contributed by atoms with Crippen molar-refractivity contribution >= 4 is 75.0 Å². The first-order valence-electron chi connectivity index (χ1n) is 19.4. The second-order valence-corrected chi connectivity index (χ2v) is 15.9. The number of benzene rings is 9. The van der Waals surface area contributed by atoms with Gasteiger partial charge in [-0.25, -0.2) is 15.0 Å². The van der Waals surface area contributed by atoms with Gasteiger partial charge in [-0.3, -0.25) is 0 Å². The number of para-hydroxylation sites is 1. The molecule has 0 saturated carbocycles. The van der Waals surface area contributed by atoms with Gasteiger partial charge in [0.15, 0.2) is 17.5 Å². The summed E-state index contributed by atoms with van der Waals surface area (Å²) in [5, 5.41) is 9.20. The number of nitrogens with zero attached hydrogens (tertiary/aromatic N) is 3. The molecular weight excluding hydrogens is 727 g/mol. The summed E-state index contributed by atoms with van der Waals surface area (Å²) in [5.74, 6) is 1.87. The number of hydrogen-bond acceptors (Lipinski definition) is 5. The van der Waals surface area contributed by atoms with Crippen LogP contribution in [0.1, 0.15) is 0 Å². The molecule has 0 aliphatic carbocycles. The van der Waals surface area contributed by atoms with Crippen molar-refractivity contribution in [2.24, 2.45) is 0 Å². The quantitative estimate of drug-likeness (QED) is 0.175. The summed E-state index contributed by atoms with van der Waals surface area (Å²) in [6, 6.07) is 66.4. The minimum Gasteiger partial charge on any atom is -0.456 e. The van der Waals surface area contributed by atoms with Crippen LogP contribution in [0.3, 0.4) is 0 Å². The van der Waals surface area contributed by atoms with Crippen molar-refractivity contribution in [3.63, 3.8) is 0 Å². The highest BCUT2D eigenvalue weighted by atomic mass is 32.1. The molecule has 3 heterocycles. The van der Waals surface area contributed by atoms with Crippen LogP contribution in [0.15, 0.2) is 192 Å². The maximum atomic E-state index is 6.26. The molecule has 0 bridgehead atoms. The van der Waals surface area contributed by atoms with Gasteiger partial charge in [-0.15, -0.1) is 11.3 Å². The van der Waals surface area contributed by atoms with E-state index in [1.807, 2.05) is 29.5 Å².